The molecule has 0 aliphatic heterocycles. The summed E-state index contributed by atoms with van der Waals surface area (Å²) in [5, 5.41) is 0. The van der Waals surface area contributed by atoms with Gasteiger partial charge in [-0.25, -0.2) is 8.42 Å². The van der Waals surface area contributed by atoms with Gasteiger partial charge in [0.2, 0.25) is 15.9 Å². The highest BCUT2D eigenvalue weighted by molar-refractivity contribution is 7.89. The van der Waals surface area contributed by atoms with Gasteiger partial charge in [-0.3, -0.25) is 4.79 Å². The molecule has 0 aliphatic carbocycles. The molecule has 1 amide bonds. The number of primary amides is 1. The van der Waals surface area contributed by atoms with Crippen LogP contribution in [-0.2, 0) is 10.0 Å². The van der Waals surface area contributed by atoms with Gasteiger partial charge in [-0.2, -0.15) is 4.31 Å². The van der Waals surface area contributed by atoms with E-state index in [0.717, 1.165) is 0 Å². The van der Waals surface area contributed by atoms with Crippen molar-refractivity contribution in [1.82, 2.24) is 4.31 Å². The maximum Gasteiger partial charge on any atom is 0.248 e. The molecule has 0 fully saturated rings. The van der Waals surface area contributed by atoms with Crippen molar-refractivity contribution in [3.05, 3.63) is 29.8 Å². The van der Waals surface area contributed by atoms with Crippen LogP contribution in [0.25, 0.3) is 0 Å². The van der Waals surface area contributed by atoms with E-state index in [1.165, 1.54) is 35.6 Å². The average Bonchev–Trinajstić information content (AvgIpc) is 2.27. The normalized spacial score (nSPS) is 12.1. The summed E-state index contributed by atoms with van der Waals surface area (Å²) in [5.74, 6) is -0.578. The van der Waals surface area contributed by atoms with Gasteiger partial charge in [0.05, 0.1) is 4.90 Å². The first-order chi connectivity index (χ1) is 7.76. The molecule has 0 unspecified atom stereocenters. The topological polar surface area (TPSA) is 80.5 Å². The summed E-state index contributed by atoms with van der Waals surface area (Å²) < 4.78 is 25.4. The Balaban J connectivity index is 3.13. The third kappa shape index (κ3) is 2.83. The van der Waals surface area contributed by atoms with Crippen molar-refractivity contribution in [2.75, 3.05) is 7.05 Å². The molecule has 0 bridgehead atoms. The smallest absolute Gasteiger partial charge is 0.248 e. The van der Waals surface area contributed by atoms with Crippen molar-refractivity contribution in [2.45, 2.75) is 24.8 Å². The van der Waals surface area contributed by atoms with Gasteiger partial charge in [0, 0.05) is 18.7 Å². The lowest BCUT2D eigenvalue weighted by Gasteiger charge is -2.20. The number of hydrogen-bond donors (Lipinski definition) is 1. The molecule has 0 aliphatic rings. The molecular weight excluding hydrogens is 240 g/mol. The fourth-order valence-electron chi connectivity index (χ4n) is 1.23. The van der Waals surface area contributed by atoms with Gasteiger partial charge in [0.1, 0.15) is 0 Å². The van der Waals surface area contributed by atoms with E-state index in [9.17, 15) is 13.2 Å². The van der Waals surface area contributed by atoms with E-state index >= 15 is 0 Å². The SMILES string of the molecule is CC(C)N(C)S(=O)(=O)c1ccc(C(N)=O)cc1. The molecule has 6 heteroatoms. The van der Waals surface area contributed by atoms with Crippen LogP contribution in [0.15, 0.2) is 29.2 Å². The molecule has 0 atom stereocenters. The highest BCUT2D eigenvalue weighted by Gasteiger charge is 2.22. The zero-order chi connectivity index (χ0) is 13.2. The Kier molecular flexibility index (Phi) is 3.90. The van der Waals surface area contributed by atoms with Crippen molar-refractivity contribution in [2.24, 2.45) is 5.73 Å². The third-order valence-corrected chi connectivity index (χ3v) is 4.59. The minimum atomic E-state index is -3.50. The third-order valence-electron chi connectivity index (χ3n) is 2.54. The van der Waals surface area contributed by atoms with Gasteiger partial charge in [-0.15, -0.1) is 0 Å². The summed E-state index contributed by atoms with van der Waals surface area (Å²) in [4.78, 5) is 11.0. The first kappa shape index (κ1) is 13.7. The van der Waals surface area contributed by atoms with Crippen LogP contribution in [0.2, 0.25) is 0 Å². The minimum absolute atomic E-state index is 0.129. The van der Waals surface area contributed by atoms with Crippen LogP contribution < -0.4 is 5.73 Å². The fraction of sp³-hybridized carbons (Fsp3) is 0.364. The summed E-state index contributed by atoms with van der Waals surface area (Å²) in [5.41, 5.74) is 5.37. The van der Waals surface area contributed by atoms with Crippen LogP contribution in [0.5, 0.6) is 0 Å². The Bertz CT molecular complexity index is 506. The number of amides is 1. The highest BCUT2D eigenvalue weighted by Crippen LogP contribution is 2.16. The minimum Gasteiger partial charge on any atom is -0.366 e. The lowest BCUT2D eigenvalue weighted by atomic mass is 10.2. The molecule has 5 nitrogen and oxygen atoms in total. The summed E-state index contributed by atoms with van der Waals surface area (Å²) in [6, 6.07) is 5.45. The maximum absolute atomic E-state index is 12.1. The number of benzene rings is 1. The van der Waals surface area contributed by atoms with Gasteiger partial charge in [0.15, 0.2) is 0 Å². The number of nitrogens with two attached hydrogens (primary N) is 1. The van der Waals surface area contributed by atoms with Gasteiger partial charge in [-0.1, -0.05) is 0 Å². The first-order valence-corrected chi connectivity index (χ1v) is 6.58. The molecule has 1 rings (SSSR count). The molecule has 1 aromatic rings. The molecule has 0 saturated heterocycles. The van der Waals surface area contributed by atoms with Crippen LogP contribution >= 0.6 is 0 Å². The van der Waals surface area contributed by atoms with Crippen molar-refractivity contribution in [3.63, 3.8) is 0 Å². The Labute approximate surface area is 101 Å². The number of carbonyl (C=O) groups excluding carboxylic acids is 1. The van der Waals surface area contributed by atoms with Gasteiger partial charge in [0.25, 0.3) is 0 Å². The number of sulfonamides is 1. The lowest BCUT2D eigenvalue weighted by molar-refractivity contribution is 0.1000. The molecule has 1 aromatic carbocycles. The molecular formula is C11H16N2O3S. The number of carbonyl (C=O) groups is 1. The van der Waals surface area contributed by atoms with Gasteiger partial charge >= 0.3 is 0 Å². The van der Waals surface area contributed by atoms with Crippen LogP contribution in [0.3, 0.4) is 0 Å². The number of nitrogens with zero attached hydrogens (tertiary/aromatic N) is 1. The second-order valence-electron chi connectivity index (χ2n) is 4.00. The quantitative estimate of drug-likeness (QED) is 0.865. The fourth-order valence-corrected chi connectivity index (χ4v) is 2.60. The summed E-state index contributed by atoms with van der Waals surface area (Å²) in [6.45, 7) is 3.57. The molecule has 2 N–H and O–H groups in total. The van der Waals surface area contributed by atoms with E-state index < -0.39 is 15.9 Å². The monoisotopic (exact) mass is 256 g/mol. The lowest BCUT2D eigenvalue weighted by Crippen LogP contribution is -2.33. The average molecular weight is 256 g/mol. The molecule has 0 aromatic heterocycles. The van der Waals surface area contributed by atoms with Crippen LogP contribution in [0, 0.1) is 0 Å². The van der Waals surface area contributed by atoms with Crippen LogP contribution in [-0.4, -0.2) is 31.7 Å². The maximum atomic E-state index is 12.1. The second-order valence-corrected chi connectivity index (χ2v) is 6.00. The van der Waals surface area contributed by atoms with Crippen molar-refractivity contribution in [1.29, 1.82) is 0 Å². The van der Waals surface area contributed by atoms with Crippen molar-refractivity contribution >= 4 is 15.9 Å². The Hall–Kier alpha value is -1.40. The highest BCUT2D eigenvalue weighted by atomic mass is 32.2. The Morgan fingerprint density at radius 2 is 1.71 bits per heavy atom. The van der Waals surface area contributed by atoms with E-state index in [2.05, 4.69) is 0 Å². The predicted octanol–water partition coefficient (Wildman–Crippen LogP) is 0.814. The second kappa shape index (κ2) is 4.85. The summed E-state index contributed by atoms with van der Waals surface area (Å²) in [6.07, 6.45) is 0. The number of rotatable bonds is 4. The van der Waals surface area contributed by atoms with E-state index in [-0.39, 0.29) is 16.5 Å². The van der Waals surface area contributed by atoms with Crippen molar-refractivity contribution in [3.8, 4) is 0 Å². The van der Waals surface area contributed by atoms with E-state index in [0.29, 0.717) is 0 Å². The van der Waals surface area contributed by atoms with E-state index in [1.54, 1.807) is 13.8 Å². The Morgan fingerprint density at radius 3 is 2.06 bits per heavy atom. The molecule has 0 radical (unpaired) electrons. The predicted molar refractivity (Wildman–Crippen MR) is 65.0 cm³/mol. The summed E-state index contributed by atoms with van der Waals surface area (Å²) in [7, 11) is -1.98. The van der Waals surface area contributed by atoms with Gasteiger partial charge in [-0.05, 0) is 38.1 Å². The molecule has 0 heterocycles. The summed E-state index contributed by atoms with van der Waals surface area (Å²) >= 11 is 0. The Morgan fingerprint density at radius 1 is 1.24 bits per heavy atom. The zero-order valence-electron chi connectivity index (χ0n) is 10.0. The van der Waals surface area contributed by atoms with Crippen LogP contribution in [0.1, 0.15) is 24.2 Å². The van der Waals surface area contributed by atoms with Crippen molar-refractivity contribution < 1.29 is 13.2 Å². The largest absolute Gasteiger partial charge is 0.366 e. The molecule has 0 saturated carbocycles. The first-order valence-electron chi connectivity index (χ1n) is 5.14. The standard InChI is InChI=1S/C11H16N2O3S/c1-8(2)13(3)17(15,16)10-6-4-9(5-7-10)11(12)14/h4-8H,1-3H3,(H2,12,14). The van der Waals surface area contributed by atoms with Gasteiger partial charge < -0.3 is 5.73 Å². The molecule has 17 heavy (non-hydrogen) atoms. The van der Waals surface area contributed by atoms with E-state index in [4.69, 9.17) is 5.73 Å². The zero-order valence-corrected chi connectivity index (χ0v) is 10.9. The van der Waals surface area contributed by atoms with Crippen LogP contribution in [0.4, 0.5) is 0 Å². The molecule has 94 valence electrons. The van der Waals surface area contributed by atoms with E-state index in [1.807, 2.05) is 0 Å². The number of hydrogen-bond acceptors (Lipinski definition) is 3. The molecule has 0 spiro atoms.